The summed E-state index contributed by atoms with van der Waals surface area (Å²) in [6, 6.07) is 13.4. The number of benzene rings is 1. The van der Waals surface area contributed by atoms with Gasteiger partial charge < -0.3 is 14.8 Å². The first-order chi connectivity index (χ1) is 10.3. The Kier molecular flexibility index (Phi) is 5.72. The van der Waals surface area contributed by atoms with Gasteiger partial charge in [0.2, 0.25) is 0 Å². The van der Waals surface area contributed by atoms with Crippen molar-refractivity contribution in [2.45, 2.75) is 13.2 Å². The first kappa shape index (κ1) is 15.0. The van der Waals surface area contributed by atoms with E-state index in [9.17, 15) is 4.79 Å². The number of ether oxygens (including phenoxy) is 2. The van der Waals surface area contributed by atoms with Gasteiger partial charge in [0.25, 0.3) is 0 Å². The van der Waals surface area contributed by atoms with Crippen molar-refractivity contribution in [1.82, 2.24) is 10.3 Å². The quantitative estimate of drug-likeness (QED) is 0.788. The summed E-state index contributed by atoms with van der Waals surface area (Å²) in [6.07, 6.45) is 1.74. The number of hydrogen-bond acceptors (Lipinski definition) is 5. The predicted molar refractivity (Wildman–Crippen MR) is 78.7 cm³/mol. The molecule has 5 heteroatoms. The number of rotatable bonds is 7. The summed E-state index contributed by atoms with van der Waals surface area (Å²) in [7, 11) is 1.37. The van der Waals surface area contributed by atoms with E-state index in [0.717, 1.165) is 17.0 Å². The lowest BCUT2D eigenvalue weighted by molar-refractivity contribution is -0.139. The molecule has 0 bridgehead atoms. The highest BCUT2D eigenvalue weighted by Gasteiger charge is 2.00. The van der Waals surface area contributed by atoms with Crippen molar-refractivity contribution in [2.75, 3.05) is 13.7 Å². The highest BCUT2D eigenvalue weighted by atomic mass is 16.5. The van der Waals surface area contributed by atoms with Crippen LogP contribution in [0.15, 0.2) is 48.7 Å². The summed E-state index contributed by atoms with van der Waals surface area (Å²) < 4.78 is 10.2. The number of nitrogens with zero attached hydrogens (tertiary/aromatic N) is 1. The van der Waals surface area contributed by atoms with Crippen LogP contribution in [0, 0.1) is 0 Å². The van der Waals surface area contributed by atoms with Crippen LogP contribution in [-0.4, -0.2) is 24.6 Å². The largest absolute Gasteiger partial charge is 0.487 e. The van der Waals surface area contributed by atoms with E-state index in [1.807, 2.05) is 42.5 Å². The Morgan fingerprint density at radius 2 is 2.00 bits per heavy atom. The fraction of sp³-hybridized carbons (Fsp3) is 0.250. The second-order valence-corrected chi connectivity index (χ2v) is 4.43. The van der Waals surface area contributed by atoms with Crippen molar-refractivity contribution in [3.8, 4) is 5.75 Å². The van der Waals surface area contributed by atoms with Crippen LogP contribution in [0.1, 0.15) is 11.3 Å². The number of esters is 1. The molecule has 1 aromatic carbocycles. The average molecular weight is 286 g/mol. The monoisotopic (exact) mass is 286 g/mol. The molecule has 1 heterocycles. The lowest BCUT2D eigenvalue weighted by atomic mass is 10.2. The normalized spacial score (nSPS) is 10.1. The van der Waals surface area contributed by atoms with Crippen LogP contribution in [0.5, 0.6) is 5.75 Å². The van der Waals surface area contributed by atoms with E-state index in [1.165, 1.54) is 7.11 Å². The van der Waals surface area contributed by atoms with Crippen LogP contribution in [0.3, 0.4) is 0 Å². The van der Waals surface area contributed by atoms with Crippen molar-refractivity contribution in [2.24, 2.45) is 0 Å². The van der Waals surface area contributed by atoms with Gasteiger partial charge in [-0.3, -0.25) is 9.78 Å². The maximum atomic E-state index is 11.0. The third-order valence-electron chi connectivity index (χ3n) is 2.86. The lowest BCUT2D eigenvalue weighted by Gasteiger charge is -2.07. The molecule has 2 rings (SSSR count). The van der Waals surface area contributed by atoms with Crippen LogP contribution in [0.2, 0.25) is 0 Å². The first-order valence-electron chi connectivity index (χ1n) is 6.67. The van der Waals surface area contributed by atoms with Gasteiger partial charge in [0.15, 0.2) is 0 Å². The number of hydrogen-bond donors (Lipinski definition) is 1. The molecule has 0 aliphatic heterocycles. The summed E-state index contributed by atoms with van der Waals surface area (Å²) in [5, 5.41) is 3.00. The Hall–Kier alpha value is -2.40. The molecule has 110 valence electrons. The number of aromatic nitrogens is 1. The fourth-order valence-corrected chi connectivity index (χ4v) is 1.73. The van der Waals surface area contributed by atoms with Gasteiger partial charge in [-0.2, -0.15) is 0 Å². The van der Waals surface area contributed by atoms with E-state index in [-0.39, 0.29) is 12.5 Å². The molecule has 0 fully saturated rings. The molecular weight excluding hydrogens is 268 g/mol. The van der Waals surface area contributed by atoms with Gasteiger partial charge >= 0.3 is 5.97 Å². The van der Waals surface area contributed by atoms with Crippen LogP contribution in [-0.2, 0) is 22.7 Å². The average Bonchev–Trinajstić information content (AvgIpc) is 2.55. The van der Waals surface area contributed by atoms with Crippen LogP contribution in [0.25, 0.3) is 0 Å². The summed E-state index contributed by atoms with van der Waals surface area (Å²) in [4.78, 5) is 15.2. The number of methoxy groups -OCH3 is 1. The van der Waals surface area contributed by atoms with Gasteiger partial charge in [-0.1, -0.05) is 18.2 Å². The van der Waals surface area contributed by atoms with E-state index in [2.05, 4.69) is 15.0 Å². The third-order valence-corrected chi connectivity index (χ3v) is 2.86. The summed E-state index contributed by atoms with van der Waals surface area (Å²) in [6.45, 7) is 1.25. The van der Waals surface area contributed by atoms with Crippen molar-refractivity contribution < 1.29 is 14.3 Å². The van der Waals surface area contributed by atoms with Gasteiger partial charge in [-0.25, -0.2) is 0 Å². The van der Waals surface area contributed by atoms with Crippen molar-refractivity contribution >= 4 is 5.97 Å². The number of carbonyl (C=O) groups excluding carboxylic acids is 1. The van der Waals surface area contributed by atoms with Gasteiger partial charge in [0.1, 0.15) is 12.4 Å². The SMILES string of the molecule is COC(=O)CNCc1ccc(OCc2ccccn2)cc1. The number of carbonyl (C=O) groups is 1. The van der Waals surface area contributed by atoms with Crippen LogP contribution < -0.4 is 10.1 Å². The van der Waals surface area contributed by atoms with Gasteiger partial charge in [0.05, 0.1) is 19.3 Å². The molecule has 1 N–H and O–H groups in total. The zero-order chi connectivity index (χ0) is 14.9. The summed E-state index contributed by atoms with van der Waals surface area (Å²) in [5.41, 5.74) is 1.96. The number of nitrogens with one attached hydrogen (secondary N) is 1. The minimum Gasteiger partial charge on any atom is -0.487 e. The van der Waals surface area contributed by atoms with E-state index in [1.54, 1.807) is 6.20 Å². The molecule has 1 aromatic heterocycles. The van der Waals surface area contributed by atoms with Gasteiger partial charge in [0, 0.05) is 12.7 Å². The standard InChI is InChI=1S/C16H18N2O3/c1-20-16(19)11-17-10-13-5-7-15(8-6-13)21-12-14-4-2-3-9-18-14/h2-9,17H,10-12H2,1H3. The third kappa shape index (κ3) is 5.24. The zero-order valence-electron chi connectivity index (χ0n) is 11.9. The Bertz CT molecular complexity index is 555. The van der Waals surface area contributed by atoms with Crippen molar-refractivity contribution in [3.05, 3.63) is 59.9 Å². The first-order valence-corrected chi connectivity index (χ1v) is 6.67. The minimum atomic E-state index is -0.273. The Morgan fingerprint density at radius 1 is 1.19 bits per heavy atom. The molecule has 0 aliphatic rings. The second kappa shape index (κ2) is 8.01. The van der Waals surface area contributed by atoms with Gasteiger partial charge in [-0.15, -0.1) is 0 Å². The highest BCUT2D eigenvalue weighted by molar-refractivity contribution is 5.71. The predicted octanol–water partition coefficient (Wildman–Crippen LogP) is 1.92. The molecule has 21 heavy (non-hydrogen) atoms. The summed E-state index contributed by atoms with van der Waals surface area (Å²) >= 11 is 0. The van der Waals surface area contributed by atoms with E-state index in [4.69, 9.17) is 4.74 Å². The molecule has 0 spiro atoms. The van der Waals surface area contributed by atoms with Crippen LogP contribution >= 0.6 is 0 Å². The molecule has 0 unspecified atom stereocenters. The van der Waals surface area contributed by atoms with E-state index in [0.29, 0.717) is 13.2 Å². The van der Waals surface area contributed by atoms with Crippen molar-refractivity contribution in [1.29, 1.82) is 0 Å². The molecule has 0 aliphatic carbocycles. The Labute approximate surface area is 123 Å². The minimum absolute atomic E-state index is 0.203. The molecule has 0 saturated carbocycles. The summed E-state index contributed by atoms with van der Waals surface area (Å²) in [5.74, 6) is 0.516. The van der Waals surface area contributed by atoms with E-state index >= 15 is 0 Å². The lowest BCUT2D eigenvalue weighted by Crippen LogP contribution is -2.23. The second-order valence-electron chi connectivity index (χ2n) is 4.43. The molecule has 0 atom stereocenters. The Balaban J connectivity index is 1.78. The van der Waals surface area contributed by atoms with E-state index < -0.39 is 0 Å². The molecule has 2 aromatic rings. The maximum Gasteiger partial charge on any atom is 0.319 e. The Morgan fingerprint density at radius 3 is 2.67 bits per heavy atom. The maximum absolute atomic E-state index is 11.0. The molecule has 5 nitrogen and oxygen atoms in total. The van der Waals surface area contributed by atoms with Crippen LogP contribution in [0.4, 0.5) is 0 Å². The molecule has 0 radical (unpaired) electrons. The smallest absolute Gasteiger partial charge is 0.319 e. The molecule has 0 saturated heterocycles. The highest BCUT2D eigenvalue weighted by Crippen LogP contribution is 2.13. The molecular formula is C16H18N2O3. The number of pyridine rings is 1. The topological polar surface area (TPSA) is 60.5 Å². The van der Waals surface area contributed by atoms with Crippen molar-refractivity contribution in [3.63, 3.8) is 0 Å². The van der Waals surface area contributed by atoms with Gasteiger partial charge in [-0.05, 0) is 29.8 Å². The molecule has 0 amide bonds. The fourth-order valence-electron chi connectivity index (χ4n) is 1.73. The zero-order valence-corrected chi connectivity index (χ0v) is 11.9.